The highest BCUT2D eigenvalue weighted by Gasteiger charge is 2.37. The number of sulfone groups is 1. The number of alkyl halides is 3. The van der Waals surface area contributed by atoms with Crippen molar-refractivity contribution >= 4 is 15.7 Å². The Morgan fingerprint density at radius 2 is 1.43 bits per heavy atom. The lowest BCUT2D eigenvalue weighted by molar-refractivity contribution is -0.141. The molecule has 0 aliphatic carbocycles. The van der Waals surface area contributed by atoms with Gasteiger partial charge in [-0.25, -0.2) is 8.42 Å². The molecule has 2 heterocycles. The molecule has 30 heavy (non-hydrogen) atoms. The molecule has 1 aromatic heterocycles. The van der Waals surface area contributed by atoms with E-state index in [1.54, 1.807) is 29.2 Å². The maximum Gasteiger partial charge on any atom is 0.431 e. The van der Waals surface area contributed by atoms with Crippen LogP contribution in [-0.4, -0.2) is 19.3 Å². The van der Waals surface area contributed by atoms with E-state index < -0.39 is 44.8 Å². The molecule has 0 fully saturated rings. The first-order valence-corrected chi connectivity index (χ1v) is 10.1. The lowest BCUT2D eigenvalue weighted by Gasteiger charge is -2.28. The van der Waals surface area contributed by atoms with Crippen molar-refractivity contribution in [3.63, 3.8) is 0 Å². The summed E-state index contributed by atoms with van der Waals surface area (Å²) in [5.41, 5.74) is -2.40. The topological polar surface area (TPSA) is 96.1 Å². The Balaban J connectivity index is 1.78. The first-order chi connectivity index (χ1) is 14.1. The van der Waals surface area contributed by atoms with Crippen molar-refractivity contribution in [2.75, 3.05) is 0 Å². The second-order valence-corrected chi connectivity index (χ2v) is 8.48. The Labute approximate surface area is 168 Å². The van der Waals surface area contributed by atoms with Crippen LogP contribution in [0.3, 0.4) is 0 Å². The minimum absolute atomic E-state index is 0.00956. The van der Waals surface area contributed by atoms with Gasteiger partial charge in [-0.3, -0.25) is 9.59 Å². The number of rotatable bonds is 2. The summed E-state index contributed by atoms with van der Waals surface area (Å²) in [6.07, 6.45) is -4.76. The SMILES string of the molecule is O=C(NC1c2ccccc2S(=O)(=O)c2ccccc21)c1ccc(C(F)(F)F)[nH]c1=O. The molecule has 3 aromatic rings. The summed E-state index contributed by atoms with van der Waals surface area (Å²) < 4.78 is 64.1. The Kier molecular flexibility index (Phi) is 4.53. The van der Waals surface area contributed by atoms with Gasteiger partial charge in [0.1, 0.15) is 11.3 Å². The number of carbonyl (C=O) groups is 1. The van der Waals surface area contributed by atoms with Crippen LogP contribution in [0, 0.1) is 0 Å². The zero-order chi connectivity index (χ0) is 21.7. The highest BCUT2D eigenvalue weighted by atomic mass is 32.2. The lowest BCUT2D eigenvalue weighted by Crippen LogP contribution is -2.36. The number of aromatic amines is 1. The maximum absolute atomic E-state index is 12.9. The Morgan fingerprint density at radius 3 is 1.93 bits per heavy atom. The minimum atomic E-state index is -4.76. The van der Waals surface area contributed by atoms with Crippen molar-refractivity contribution in [1.29, 1.82) is 0 Å². The van der Waals surface area contributed by atoms with Gasteiger partial charge in [0.2, 0.25) is 9.84 Å². The largest absolute Gasteiger partial charge is 0.431 e. The highest BCUT2D eigenvalue weighted by molar-refractivity contribution is 7.91. The average molecular weight is 434 g/mol. The molecule has 1 amide bonds. The predicted molar refractivity (Wildman–Crippen MR) is 99.7 cm³/mol. The zero-order valence-corrected chi connectivity index (χ0v) is 15.8. The third kappa shape index (κ3) is 3.18. The molecule has 2 N–H and O–H groups in total. The van der Waals surface area contributed by atoms with Gasteiger partial charge in [0.05, 0.1) is 15.8 Å². The second kappa shape index (κ2) is 6.84. The fourth-order valence-electron chi connectivity index (χ4n) is 3.40. The van der Waals surface area contributed by atoms with Crippen LogP contribution in [0.2, 0.25) is 0 Å². The van der Waals surface area contributed by atoms with E-state index in [9.17, 15) is 31.2 Å². The van der Waals surface area contributed by atoms with Crippen LogP contribution < -0.4 is 10.9 Å². The minimum Gasteiger partial charge on any atom is -0.341 e. The van der Waals surface area contributed by atoms with Crippen LogP contribution in [0.15, 0.2) is 75.2 Å². The van der Waals surface area contributed by atoms with Gasteiger partial charge in [-0.15, -0.1) is 0 Å². The Bertz CT molecular complexity index is 1280. The number of hydrogen-bond acceptors (Lipinski definition) is 4. The van der Waals surface area contributed by atoms with Crippen molar-refractivity contribution in [1.82, 2.24) is 10.3 Å². The summed E-state index contributed by atoms with van der Waals surface area (Å²) in [7, 11) is -3.81. The number of carbonyl (C=O) groups excluding carboxylic acids is 1. The fraction of sp³-hybridized carbons (Fsp3) is 0.100. The number of benzene rings is 2. The molecule has 4 rings (SSSR count). The Hall–Kier alpha value is -3.40. The molecule has 0 atom stereocenters. The number of amides is 1. The van der Waals surface area contributed by atoms with Crippen LogP contribution in [0.1, 0.15) is 33.2 Å². The van der Waals surface area contributed by atoms with Gasteiger partial charge in [0, 0.05) is 0 Å². The van der Waals surface area contributed by atoms with Crippen molar-refractivity contribution in [2.45, 2.75) is 22.0 Å². The molecule has 1 aliphatic rings. The van der Waals surface area contributed by atoms with Crippen molar-refractivity contribution < 1.29 is 26.4 Å². The first kappa shape index (κ1) is 19.9. The van der Waals surface area contributed by atoms with E-state index in [1.165, 1.54) is 24.3 Å². The number of fused-ring (bicyclic) bond motifs is 2. The van der Waals surface area contributed by atoms with E-state index in [0.29, 0.717) is 17.2 Å². The van der Waals surface area contributed by atoms with Crippen LogP contribution in [-0.2, 0) is 16.0 Å². The van der Waals surface area contributed by atoms with Gasteiger partial charge in [-0.05, 0) is 35.4 Å². The van der Waals surface area contributed by atoms with E-state index >= 15 is 0 Å². The standard InChI is InChI=1S/C20H13F3N2O4S/c21-20(22,23)16-10-9-13(18(26)24-16)19(27)25-17-11-5-1-3-7-14(11)30(28,29)15-8-4-2-6-12(15)17/h1-10,17H,(H,24,26)(H,25,27). The van der Waals surface area contributed by atoms with E-state index in [1.807, 2.05) is 0 Å². The van der Waals surface area contributed by atoms with Crippen LogP contribution >= 0.6 is 0 Å². The monoisotopic (exact) mass is 434 g/mol. The van der Waals surface area contributed by atoms with Gasteiger partial charge in [0.15, 0.2) is 0 Å². The summed E-state index contributed by atoms with van der Waals surface area (Å²) in [4.78, 5) is 26.4. The molecule has 0 bridgehead atoms. The fourth-order valence-corrected chi connectivity index (χ4v) is 5.14. The van der Waals surface area contributed by atoms with Crippen molar-refractivity contribution in [3.05, 3.63) is 93.4 Å². The average Bonchev–Trinajstić information content (AvgIpc) is 2.70. The molecule has 6 nitrogen and oxygen atoms in total. The summed E-state index contributed by atoms with van der Waals surface area (Å²) in [5.74, 6) is -0.932. The second-order valence-electron chi connectivity index (χ2n) is 6.60. The molecule has 154 valence electrons. The highest BCUT2D eigenvalue weighted by Crippen LogP contribution is 2.40. The third-order valence-corrected chi connectivity index (χ3v) is 6.68. The lowest BCUT2D eigenvalue weighted by atomic mass is 9.97. The Morgan fingerprint density at radius 1 is 0.900 bits per heavy atom. The predicted octanol–water partition coefficient (Wildman–Crippen LogP) is 3.06. The van der Waals surface area contributed by atoms with Crippen molar-refractivity contribution in [2.24, 2.45) is 0 Å². The molecular weight excluding hydrogens is 421 g/mol. The quantitative estimate of drug-likeness (QED) is 0.648. The number of aromatic nitrogens is 1. The van der Waals surface area contributed by atoms with Crippen LogP contribution in [0.25, 0.3) is 0 Å². The molecular formula is C20H13F3N2O4S. The smallest absolute Gasteiger partial charge is 0.341 e. The van der Waals surface area contributed by atoms with Gasteiger partial charge < -0.3 is 10.3 Å². The molecule has 1 aliphatic heterocycles. The number of nitrogens with one attached hydrogen (secondary N) is 2. The van der Waals surface area contributed by atoms with E-state index in [2.05, 4.69) is 5.32 Å². The van der Waals surface area contributed by atoms with Gasteiger partial charge >= 0.3 is 6.18 Å². The van der Waals surface area contributed by atoms with Gasteiger partial charge in [0.25, 0.3) is 11.5 Å². The summed E-state index contributed by atoms with van der Waals surface area (Å²) in [5, 5.41) is 2.58. The molecule has 0 spiro atoms. The summed E-state index contributed by atoms with van der Waals surface area (Å²) >= 11 is 0. The molecule has 0 saturated heterocycles. The van der Waals surface area contributed by atoms with E-state index in [4.69, 9.17) is 0 Å². The molecule has 0 radical (unpaired) electrons. The number of hydrogen-bond donors (Lipinski definition) is 2. The number of halogens is 3. The number of pyridine rings is 1. The van der Waals surface area contributed by atoms with Crippen LogP contribution in [0.5, 0.6) is 0 Å². The normalized spacial score (nSPS) is 15.2. The van der Waals surface area contributed by atoms with E-state index in [0.717, 1.165) is 6.07 Å². The zero-order valence-electron chi connectivity index (χ0n) is 15.0. The number of H-pyrrole nitrogens is 1. The maximum atomic E-state index is 12.9. The first-order valence-electron chi connectivity index (χ1n) is 8.65. The van der Waals surface area contributed by atoms with E-state index in [-0.39, 0.29) is 9.79 Å². The molecule has 10 heteroatoms. The third-order valence-electron chi connectivity index (χ3n) is 4.77. The van der Waals surface area contributed by atoms with Gasteiger partial charge in [-0.2, -0.15) is 13.2 Å². The molecule has 2 aromatic carbocycles. The molecule has 0 saturated carbocycles. The summed E-state index contributed by atoms with van der Waals surface area (Å²) in [6, 6.07) is 12.7. The van der Waals surface area contributed by atoms with Gasteiger partial charge in [-0.1, -0.05) is 36.4 Å². The summed E-state index contributed by atoms with van der Waals surface area (Å²) in [6.45, 7) is 0. The molecule has 0 unspecified atom stereocenters. The van der Waals surface area contributed by atoms with Crippen LogP contribution in [0.4, 0.5) is 13.2 Å². The van der Waals surface area contributed by atoms with Crippen molar-refractivity contribution in [3.8, 4) is 0 Å².